The normalized spacial score (nSPS) is 22.9. The molecule has 0 fully saturated rings. The number of rotatable bonds is 0. The molecule has 2 heteroatoms. The lowest BCUT2D eigenvalue weighted by Gasteiger charge is -2.21. The molecule has 0 aliphatic heterocycles. The van der Waals surface area contributed by atoms with Crippen molar-refractivity contribution in [2.24, 2.45) is 0 Å². The fraction of sp³-hybridized carbons (Fsp3) is 0.538. The van der Waals surface area contributed by atoms with Crippen LogP contribution < -0.4 is 0 Å². The maximum atomic E-state index is 10.1. The van der Waals surface area contributed by atoms with Gasteiger partial charge in [-0.2, -0.15) is 0 Å². The molecule has 1 N–H and O–H groups in total. The largest absolute Gasteiger partial charge is 0.388 e. The van der Waals surface area contributed by atoms with Gasteiger partial charge in [0.2, 0.25) is 0 Å². The number of halogens is 1. The van der Waals surface area contributed by atoms with Crippen molar-refractivity contribution in [1.29, 1.82) is 0 Å². The van der Waals surface area contributed by atoms with E-state index < -0.39 is 0 Å². The van der Waals surface area contributed by atoms with Crippen molar-refractivity contribution in [3.05, 3.63) is 33.3 Å². The molecule has 0 amide bonds. The fourth-order valence-corrected chi connectivity index (χ4v) is 3.21. The molecule has 1 atom stereocenters. The molecular weight excluding hydrogens is 208 g/mol. The van der Waals surface area contributed by atoms with Crippen molar-refractivity contribution < 1.29 is 5.11 Å². The van der Waals surface area contributed by atoms with Crippen LogP contribution >= 0.6 is 11.6 Å². The van der Waals surface area contributed by atoms with Crippen LogP contribution in [0, 0.1) is 13.8 Å². The third-order valence-corrected chi connectivity index (χ3v) is 3.86. The molecule has 0 bridgehead atoms. The summed E-state index contributed by atoms with van der Waals surface area (Å²) in [6.07, 6.45) is 0.416. The van der Waals surface area contributed by atoms with E-state index in [0.29, 0.717) is 0 Å². The van der Waals surface area contributed by atoms with E-state index in [0.717, 1.165) is 28.1 Å². The molecule has 2 rings (SSSR count). The van der Waals surface area contributed by atoms with Crippen molar-refractivity contribution in [2.45, 2.75) is 45.6 Å². The van der Waals surface area contributed by atoms with Gasteiger partial charge in [0.05, 0.1) is 6.10 Å². The van der Waals surface area contributed by atoms with E-state index in [4.69, 9.17) is 11.6 Å². The van der Waals surface area contributed by atoms with Gasteiger partial charge in [-0.25, -0.2) is 0 Å². The highest BCUT2D eigenvalue weighted by molar-refractivity contribution is 6.31. The predicted octanol–water partition coefficient (Wildman–Crippen LogP) is 3.67. The molecule has 0 heterocycles. The number of aliphatic hydroxyl groups is 1. The predicted molar refractivity (Wildman–Crippen MR) is 63.5 cm³/mol. The van der Waals surface area contributed by atoms with Gasteiger partial charge in [0.15, 0.2) is 0 Å². The Morgan fingerprint density at radius 2 is 2.00 bits per heavy atom. The summed E-state index contributed by atoms with van der Waals surface area (Å²) < 4.78 is 0. The highest BCUT2D eigenvalue weighted by Gasteiger charge is 2.39. The van der Waals surface area contributed by atoms with E-state index in [1.807, 2.05) is 13.0 Å². The summed E-state index contributed by atoms with van der Waals surface area (Å²) in [6, 6.07) is 2.01. The van der Waals surface area contributed by atoms with Gasteiger partial charge in [-0.1, -0.05) is 25.4 Å². The minimum absolute atomic E-state index is 0.00963. The Balaban J connectivity index is 2.78. The second-order valence-corrected chi connectivity index (χ2v) is 5.60. The first kappa shape index (κ1) is 11.0. The summed E-state index contributed by atoms with van der Waals surface area (Å²) in [5, 5.41) is 10.9. The van der Waals surface area contributed by atoms with Gasteiger partial charge in [0.1, 0.15) is 0 Å². The van der Waals surface area contributed by atoms with Crippen LogP contribution in [-0.4, -0.2) is 5.11 Å². The number of hydrogen-bond donors (Lipinski definition) is 1. The molecule has 1 aromatic rings. The van der Waals surface area contributed by atoms with Crippen LogP contribution in [0.1, 0.15) is 48.6 Å². The minimum Gasteiger partial charge on any atom is -0.388 e. The van der Waals surface area contributed by atoms with Crippen LogP contribution in [0.25, 0.3) is 0 Å². The van der Waals surface area contributed by atoms with Crippen molar-refractivity contribution in [1.82, 2.24) is 0 Å². The Morgan fingerprint density at radius 1 is 1.40 bits per heavy atom. The molecule has 1 nitrogen and oxygen atoms in total. The van der Waals surface area contributed by atoms with Crippen LogP contribution in [0.2, 0.25) is 5.02 Å². The van der Waals surface area contributed by atoms with E-state index in [9.17, 15) is 5.11 Å². The Bertz CT molecular complexity index is 421. The molecule has 1 aromatic carbocycles. The number of aryl methyl sites for hydroxylation is 1. The quantitative estimate of drug-likeness (QED) is 0.713. The second-order valence-electron chi connectivity index (χ2n) is 5.19. The molecule has 15 heavy (non-hydrogen) atoms. The van der Waals surface area contributed by atoms with Gasteiger partial charge in [0.25, 0.3) is 0 Å². The molecule has 82 valence electrons. The molecule has 0 saturated heterocycles. The third kappa shape index (κ3) is 1.49. The highest BCUT2D eigenvalue weighted by Crippen LogP contribution is 2.49. The van der Waals surface area contributed by atoms with Gasteiger partial charge in [-0.3, -0.25) is 0 Å². The summed E-state index contributed by atoms with van der Waals surface area (Å²) in [6.45, 7) is 8.39. The monoisotopic (exact) mass is 224 g/mol. The topological polar surface area (TPSA) is 20.2 Å². The summed E-state index contributed by atoms with van der Waals surface area (Å²) in [4.78, 5) is 0. The van der Waals surface area contributed by atoms with Crippen molar-refractivity contribution in [2.75, 3.05) is 0 Å². The maximum Gasteiger partial charge on any atom is 0.0804 e. The molecular formula is C13H17ClO. The van der Waals surface area contributed by atoms with Gasteiger partial charge in [-0.05, 0) is 54.0 Å². The molecule has 0 saturated carbocycles. The minimum atomic E-state index is -0.354. The van der Waals surface area contributed by atoms with E-state index in [1.54, 1.807) is 0 Å². The molecule has 1 aliphatic rings. The second kappa shape index (κ2) is 3.23. The first-order valence-electron chi connectivity index (χ1n) is 5.33. The van der Waals surface area contributed by atoms with Gasteiger partial charge < -0.3 is 5.11 Å². The van der Waals surface area contributed by atoms with Crippen LogP contribution in [0.4, 0.5) is 0 Å². The van der Waals surface area contributed by atoms with Gasteiger partial charge in [-0.15, -0.1) is 0 Å². The van der Waals surface area contributed by atoms with Crippen molar-refractivity contribution in [3.8, 4) is 0 Å². The summed E-state index contributed by atoms with van der Waals surface area (Å²) in [7, 11) is 0. The van der Waals surface area contributed by atoms with Crippen LogP contribution in [0.15, 0.2) is 6.07 Å². The molecule has 0 unspecified atom stereocenters. The standard InChI is InChI=1S/C13H17ClO/c1-7-5-9(14)12-11(8(7)2)10(15)6-13(12,3)4/h5,10,15H,6H2,1-4H3/t10-/m0/s1. The average molecular weight is 225 g/mol. The van der Waals surface area contributed by atoms with Gasteiger partial charge in [0, 0.05) is 5.02 Å². The van der Waals surface area contributed by atoms with E-state index >= 15 is 0 Å². The summed E-state index contributed by atoms with van der Waals surface area (Å²) in [5.74, 6) is 0. The number of hydrogen-bond acceptors (Lipinski definition) is 1. The first-order valence-corrected chi connectivity index (χ1v) is 5.70. The van der Waals surface area contributed by atoms with Crippen molar-refractivity contribution in [3.63, 3.8) is 0 Å². The number of benzene rings is 1. The Morgan fingerprint density at radius 3 is 2.60 bits per heavy atom. The highest BCUT2D eigenvalue weighted by atomic mass is 35.5. The molecule has 0 spiro atoms. The number of fused-ring (bicyclic) bond motifs is 1. The zero-order chi connectivity index (χ0) is 11.4. The smallest absolute Gasteiger partial charge is 0.0804 e. The van der Waals surface area contributed by atoms with Crippen molar-refractivity contribution >= 4 is 11.6 Å². The average Bonchev–Trinajstić information content (AvgIpc) is 2.32. The van der Waals surface area contributed by atoms with E-state index in [1.165, 1.54) is 5.56 Å². The Hall–Kier alpha value is -0.530. The molecule has 1 aliphatic carbocycles. The SMILES string of the molecule is Cc1cc(Cl)c2c(c1C)[C@@H](O)CC2(C)C. The van der Waals surface area contributed by atoms with Gasteiger partial charge >= 0.3 is 0 Å². The zero-order valence-electron chi connectivity index (χ0n) is 9.69. The first-order chi connectivity index (χ1) is 6.84. The maximum absolute atomic E-state index is 10.1. The van der Waals surface area contributed by atoms with Crippen LogP contribution in [0.3, 0.4) is 0 Å². The third-order valence-electron chi connectivity index (χ3n) is 3.56. The summed E-state index contributed by atoms with van der Waals surface area (Å²) >= 11 is 6.29. The van der Waals surface area contributed by atoms with Crippen LogP contribution in [0.5, 0.6) is 0 Å². The van der Waals surface area contributed by atoms with E-state index in [2.05, 4.69) is 20.8 Å². The lowest BCUT2D eigenvalue weighted by atomic mass is 9.85. The molecule has 0 aromatic heterocycles. The lowest BCUT2D eigenvalue weighted by Crippen LogP contribution is -2.13. The zero-order valence-corrected chi connectivity index (χ0v) is 10.4. The fourth-order valence-electron chi connectivity index (χ4n) is 2.69. The number of aliphatic hydroxyl groups excluding tert-OH is 1. The van der Waals surface area contributed by atoms with E-state index in [-0.39, 0.29) is 11.5 Å². The Kier molecular flexibility index (Phi) is 2.36. The molecule has 0 radical (unpaired) electrons. The Labute approximate surface area is 96.1 Å². The lowest BCUT2D eigenvalue weighted by molar-refractivity contribution is 0.161. The van der Waals surface area contributed by atoms with Crippen LogP contribution in [-0.2, 0) is 5.41 Å². The summed E-state index contributed by atoms with van der Waals surface area (Å²) in [5.41, 5.74) is 4.54.